The number of benzene rings is 1. The van der Waals surface area contributed by atoms with Crippen molar-refractivity contribution in [2.24, 2.45) is 5.73 Å². The molecule has 0 aliphatic carbocycles. The summed E-state index contributed by atoms with van der Waals surface area (Å²) in [5, 5.41) is 2.05. The van der Waals surface area contributed by atoms with Crippen molar-refractivity contribution in [1.82, 2.24) is 9.88 Å². The number of ether oxygens (including phenoxy) is 2. The van der Waals surface area contributed by atoms with Gasteiger partial charge in [-0.15, -0.1) is 11.3 Å². The average molecular weight is 307 g/mol. The number of rotatable bonds is 7. The molecule has 0 saturated heterocycles. The van der Waals surface area contributed by atoms with Crippen LogP contribution in [0.5, 0.6) is 11.5 Å². The Kier molecular flexibility index (Phi) is 5.55. The van der Waals surface area contributed by atoms with Gasteiger partial charge in [-0.3, -0.25) is 4.90 Å². The zero-order valence-corrected chi connectivity index (χ0v) is 13.4. The Morgan fingerprint density at radius 2 is 2.14 bits per heavy atom. The van der Waals surface area contributed by atoms with Crippen LogP contribution in [-0.2, 0) is 6.54 Å². The maximum absolute atomic E-state index is 5.98. The van der Waals surface area contributed by atoms with Gasteiger partial charge in [0.15, 0.2) is 0 Å². The molecule has 0 amide bonds. The van der Waals surface area contributed by atoms with Gasteiger partial charge in [-0.1, -0.05) is 6.07 Å². The average Bonchev–Trinajstić information content (AvgIpc) is 3.01. The second kappa shape index (κ2) is 7.40. The molecule has 0 radical (unpaired) electrons. The minimum Gasteiger partial charge on any atom is -0.497 e. The Morgan fingerprint density at radius 1 is 1.33 bits per heavy atom. The molecular weight excluding hydrogens is 286 g/mol. The Hall–Kier alpha value is -1.63. The highest BCUT2D eigenvalue weighted by molar-refractivity contribution is 7.07. The van der Waals surface area contributed by atoms with E-state index in [1.807, 2.05) is 30.8 Å². The van der Waals surface area contributed by atoms with Gasteiger partial charge in [0, 0.05) is 30.1 Å². The van der Waals surface area contributed by atoms with E-state index in [0.29, 0.717) is 6.54 Å². The first-order chi connectivity index (χ1) is 10.2. The highest BCUT2D eigenvalue weighted by Crippen LogP contribution is 2.32. The Balaban J connectivity index is 2.23. The van der Waals surface area contributed by atoms with Gasteiger partial charge in [-0.2, -0.15) is 0 Å². The minimum absolute atomic E-state index is 0.0626. The lowest BCUT2D eigenvalue weighted by molar-refractivity contribution is 0.233. The smallest absolute Gasteiger partial charge is 0.127 e. The van der Waals surface area contributed by atoms with E-state index in [0.717, 1.165) is 29.3 Å². The highest BCUT2D eigenvalue weighted by Gasteiger charge is 2.20. The first kappa shape index (κ1) is 15.8. The molecule has 6 heteroatoms. The van der Waals surface area contributed by atoms with E-state index in [4.69, 9.17) is 15.2 Å². The van der Waals surface area contributed by atoms with E-state index >= 15 is 0 Å². The fourth-order valence-corrected chi connectivity index (χ4v) is 2.87. The molecule has 2 aromatic rings. The van der Waals surface area contributed by atoms with Crippen molar-refractivity contribution < 1.29 is 9.47 Å². The van der Waals surface area contributed by atoms with Gasteiger partial charge in [-0.25, -0.2) is 4.98 Å². The molecule has 0 aliphatic heterocycles. The molecule has 0 aliphatic rings. The molecule has 114 valence electrons. The number of likely N-dealkylation sites (N-methyl/N-ethyl adjacent to an activating group) is 1. The Labute approximate surface area is 129 Å². The summed E-state index contributed by atoms with van der Waals surface area (Å²) in [7, 11) is 5.34. The van der Waals surface area contributed by atoms with Crippen LogP contribution in [0, 0.1) is 0 Å². The van der Waals surface area contributed by atoms with Gasteiger partial charge in [0.05, 0.1) is 31.5 Å². The van der Waals surface area contributed by atoms with Crippen LogP contribution in [0.15, 0.2) is 29.1 Å². The lowest BCUT2D eigenvalue weighted by Crippen LogP contribution is -2.30. The molecule has 1 aromatic carbocycles. The van der Waals surface area contributed by atoms with Gasteiger partial charge >= 0.3 is 0 Å². The van der Waals surface area contributed by atoms with Crippen LogP contribution in [-0.4, -0.2) is 37.7 Å². The van der Waals surface area contributed by atoms with E-state index in [1.165, 1.54) is 0 Å². The maximum atomic E-state index is 5.98. The third-order valence-corrected chi connectivity index (χ3v) is 4.09. The van der Waals surface area contributed by atoms with Gasteiger partial charge < -0.3 is 15.2 Å². The summed E-state index contributed by atoms with van der Waals surface area (Å²) in [6.45, 7) is 1.25. The van der Waals surface area contributed by atoms with E-state index in [-0.39, 0.29) is 6.04 Å². The molecule has 5 nitrogen and oxygen atoms in total. The lowest BCUT2D eigenvalue weighted by Gasteiger charge is -2.28. The first-order valence-corrected chi connectivity index (χ1v) is 7.63. The van der Waals surface area contributed by atoms with Crippen LogP contribution in [0.4, 0.5) is 0 Å². The zero-order chi connectivity index (χ0) is 15.2. The molecular formula is C15H21N3O2S. The van der Waals surface area contributed by atoms with Crippen LogP contribution in [0.2, 0.25) is 0 Å². The number of hydrogen-bond acceptors (Lipinski definition) is 6. The van der Waals surface area contributed by atoms with Crippen LogP contribution in [0.25, 0.3) is 0 Å². The second-order valence-corrected chi connectivity index (χ2v) is 5.47. The van der Waals surface area contributed by atoms with Crippen molar-refractivity contribution in [2.75, 3.05) is 27.8 Å². The van der Waals surface area contributed by atoms with Crippen molar-refractivity contribution >= 4 is 11.3 Å². The normalized spacial score (nSPS) is 12.4. The Bertz CT molecular complexity index is 560. The fraction of sp³-hybridized carbons (Fsp3) is 0.400. The standard InChI is InChI=1S/C15H21N3O2S/c1-18(8-11-9-21-10-17-11)14(7-16)13-5-4-12(19-2)6-15(13)20-3/h4-6,9-10,14H,7-8,16H2,1-3H3. The fourth-order valence-electron chi connectivity index (χ4n) is 2.32. The summed E-state index contributed by atoms with van der Waals surface area (Å²) in [6, 6.07) is 5.88. The van der Waals surface area contributed by atoms with Crippen molar-refractivity contribution in [2.45, 2.75) is 12.6 Å². The van der Waals surface area contributed by atoms with Crippen LogP contribution < -0.4 is 15.2 Å². The third kappa shape index (κ3) is 3.72. The number of aromatic nitrogens is 1. The molecule has 1 atom stereocenters. The largest absolute Gasteiger partial charge is 0.497 e. The monoisotopic (exact) mass is 307 g/mol. The third-order valence-electron chi connectivity index (χ3n) is 3.45. The van der Waals surface area contributed by atoms with Crippen molar-refractivity contribution in [3.05, 3.63) is 40.3 Å². The zero-order valence-electron chi connectivity index (χ0n) is 12.6. The quantitative estimate of drug-likeness (QED) is 0.850. The summed E-state index contributed by atoms with van der Waals surface area (Å²) < 4.78 is 10.7. The maximum Gasteiger partial charge on any atom is 0.127 e. The summed E-state index contributed by atoms with van der Waals surface area (Å²) in [5.41, 5.74) is 9.93. The number of thiazole rings is 1. The van der Waals surface area contributed by atoms with Gasteiger partial charge in [0.2, 0.25) is 0 Å². The predicted octanol–water partition coefficient (Wildman–Crippen LogP) is 2.29. The molecule has 0 fully saturated rings. The van der Waals surface area contributed by atoms with Crippen molar-refractivity contribution in [1.29, 1.82) is 0 Å². The SMILES string of the molecule is COc1ccc(C(CN)N(C)Cc2cscn2)c(OC)c1. The van der Waals surface area contributed by atoms with E-state index in [1.54, 1.807) is 25.6 Å². The summed E-state index contributed by atoms with van der Waals surface area (Å²) in [6.07, 6.45) is 0. The molecule has 1 heterocycles. The molecule has 1 aromatic heterocycles. The summed E-state index contributed by atoms with van der Waals surface area (Å²) in [4.78, 5) is 6.50. The molecule has 0 saturated carbocycles. The molecule has 1 unspecified atom stereocenters. The summed E-state index contributed by atoms with van der Waals surface area (Å²) in [5.74, 6) is 1.56. The minimum atomic E-state index is 0.0626. The second-order valence-electron chi connectivity index (χ2n) is 4.75. The molecule has 0 spiro atoms. The van der Waals surface area contributed by atoms with Crippen LogP contribution in [0.3, 0.4) is 0 Å². The van der Waals surface area contributed by atoms with Crippen LogP contribution >= 0.6 is 11.3 Å². The van der Waals surface area contributed by atoms with Crippen LogP contribution in [0.1, 0.15) is 17.3 Å². The molecule has 21 heavy (non-hydrogen) atoms. The number of hydrogen-bond donors (Lipinski definition) is 1. The van der Waals surface area contributed by atoms with Gasteiger partial charge in [0.1, 0.15) is 11.5 Å². The molecule has 2 N–H and O–H groups in total. The molecule has 2 rings (SSSR count). The first-order valence-electron chi connectivity index (χ1n) is 6.69. The van der Waals surface area contributed by atoms with Crippen molar-refractivity contribution in [3.8, 4) is 11.5 Å². The highest BCUT2D eigenvalue weighted by atomic mass is 32.1. The van der Waals surface area contributed by atoms with E-state index in [9.17, 15) is 0 Å². The Morgan fingerprint density at radius 3 is 2.71 bits per heavy atom. The van der Waals surface area contributed by atoms with Gasteiger partial charge in [0.25, 0.3) is 0 Å². The van der Waals surface area contributed by atoms with Crippen molar-refractivity contribution in [3.63, 3.8) is 0 Å². The predicted molar refractivity (Wildman–Crippen MR) is 84.9 cm³/mol. The molecule has 0 bridgehead atoms. The van der Waals surface area contributed by atoms with E-state index < -0.39 is 0 Å². The topological polar surface area (TPSA) is 60.6 Å². The number of nitrogens with two attached hydrogens (primary N) is 1. The summed E-state index contributed by atoms with van der Waals surface area (Å²) >= 11 is 1.60. The lowest BCUT2D eigenvalue weighted by atomic mass is 10.0. The van der Waals surface area contributed by atoms with E-state index in [2.05, 4.69) is 15.3 Å². The van der Waals surface area contributed by atoms with Gasteiger partial charge in [-0.05, 0) is 13.1 Å². The number of nitrogens with zero attached hydrogens (tertiary/aromatic N) is 2. The number of methoxy groups -OCH3 is 2.